The molecule has 9 nitrogen and oxygen atoms in total. The fraction of sp³-hybridized carbons (Fsp3) is 0.261. The number of carbonyl (C=O) groups excluding carboxylic acids is 1. The van der Waals surface area contributed by atoms with E-state index < -0.39 is 15.3 Å². The predicted octanol–water partition coefficient (Wildman–Crippen LogP) is 4.12. The Morgan fingerprint density at radius 2 is 1.85 bits per heavy atom. The van der Waals surface area contributed by atoms with Gasteiger partial charge in [-0.2, -0.15) is 4.31 Å². The number of hydrogen-bond donors (Lipinski definition) is 2. The van der Waals surface area contributed by atoms with Gasteiger partial charge in [-0.15, -0.1) is 10.2 Å². The molecule has 5 rings (SSSR count). The number of anilines is 1. The quantitative estimate of drug-likeness (QED) is 0.368. The molecule has 1 aliphatic rings. The van der Waals surface area contributed by atoms with Crippen LogP contribution in [0, 0.1) is 0 Å². The Morgan fingerprint density at radius 1 is 1.12 bits per heavy atom. The van der Waals surface area contributed by atoms with Gasteiger partial charge in [-0.25, -0.2) is 8.42 Å². The summed E-state index contributed by atoms with van der Waals surface area (Å²) in [5, 5.41) is 11.7. The molecule has 1 saturated heterocycles. The topological polar surface area (TPSA) is 121 Å². The van der Waals surface area contributed by atoms with Gasteiger partial charge in [0.1, 0.15) is 0 Å². The van der Waals surface area contributed by atoms with Crippen LogP contribution < -0.4 is 5.32 Å². The Kier molecular flexibility index (Phi) is 6.15. The fourth-order valence-electron chi connectivity index (χ4n) is 3.85. The van der Waals surface area contributed by atoms with Crippen molar-refractivity contribution in [1.29, 1.82) is 0 Å². The molecule has 34 heavy (non-hydrogen) atoms. The van der Waals surface area contributed by atoms with Gasteiger partial charge in [0, 0.05) is 35.9 Å². The monoisotopic (exact) mass is 497 g/mol. The average Bonchev–Trinajstić information content (AvgIpc) is 3.60. The van der Waals surface area contributed by atoms with Crippen LogP contribution in [0.25, 0.3) is 22.4 Å². The van der Waals surface area contributed by atoms with Crippen LogP contribution in [0.1, 0.15) is 19.8 Å². The first-order chi connectivity index (χ1) is 16.4. The fourth-order valence-corrected chi connectivity index (χ4v) is 6.05. The lowest BCUT2D eigenvalue weighted by molar-refractivity contribution is -0.115. The number of amides is 1. The van der Waals surface area contributed by atoms with Crippen LogP contribution in [0.2, 0.25) is 0 Å². The molecule has 2 N–H and O–H groups in total. The van der Waals surface area contributed by atoms with Gasteiger partial charge in [0.05, 0.1) is 15.7 Å². The second-order valence-corrected chi connectivity index (χ2v) is 11.2. The first-order valence-corrected chi connectivity index (χ1v) is 13.2. The van der Waals surface area contributed by atoms with Crippen molar-refractivity contribution in [2.75, 3.05) is 18.4 Å². The molecule has 0 bridgehead atoms. The van der Waals surface area contributed by atoms with Crippen LogP contribution in [-0.2, 0) is 14.8 Å². The number of nitrogens with one attached hydrogen (secondary N) is 2. The van der Waals surface area contributed by atoms with E-state index >= 15 is 0 Å². The van der Waals surface area contributed by atoms with Crippen LogP contribution in [0.4, 0.5) is 5.69 Å². The number of rotatable bonds is 7. The number of aromatic nitrogens is 3. The van der Waals surface area contributed by atoms with Gasteiger partial charge in [-0.3, -0.25) is 4.79 Å². The maximum atomic E-state index is 12.7. The minimum atomic E-state index is -3.48. The normalized spacial score (nSPS) is 15.6. The first-order valence-electron chi connectivity index (χ1n) is 10.9. The van der Waals surface area contributed by atoms with Gasteiger partial charge in [0.2, 0.25) is 15.9 Å². The number of para-hydroxylation sites is 1. The lowest BCUT2D eigenvalue weighted by Crippen LogP contribution is -2.27. The summed E-state index contributed by atoms with van der Waals surface area (Å²) in [5.74, 6) is 0.120. The van der Waals surface area contributed by atoms with Gasteiger partial charge >= 0.3 is 0 Å². The summed E-state index contributed by atoms with van der Waals surface area (Å²) in [7, 11) is -3.48. The van der Waals surface area contributed by atoms with Gasteiger partial charge < -0.3 is 14.7 Å². The summed E-state index contributed by atoms with van der Waals surface area (Å²) in [6, 6.07) is 14.0. The van der Waals surface area contributed by atoms with Crippen molar-refractivity contribution in [2.45, 2.75) is 35.1 Å². The van der Waals surface area contributed by atoms with Crippen LogP contribution in [-0.4, -0.2) is 52.2 Å². The molecule has 3 heterocycles. The Hall–Kier alpha value is -3.15. The van der Waals surface area contributed by atoms with Gasteiger partial charge in [0.25, 0.3) is 11.1 Å². The van der Waals surface area contributed by atoms with Crippen molar-refractivity contribution in [3.05, 3.63) is 54.7 Å². The molecular weight excluding hydrogens is 474 g/mol. The number of hydrogen-bond acceptors (Lipinski definition) is 7. The third-order valence-corrected chi connectivity index (χ3v) is 8.54. The highest BCUT2D eigenvalue weighted by atomic mass is 32.2. The van der Waals surface area contributed by atoms with Crippen molar-refractivity contribution in [3.8, 4) is 11.5 Å². The molecule has 0 aliphatic carbocycles. The Labute approximate surface area is 201 Å². The summed E-state index contributed by atoms with van der Waals surface area (Å²) >= 11 is 1.15. The summed E-state index contributed by atoms with van der Waals surface area (Å²) in [6.45, 7) is 2.84. The van der Waals surface area contributed by atoms with Gasteiger partial charge in [-0.1, -0.05) is 30.0 Å². The number of H-pyrrole nitrogens is 1. The summed E-state index contributed by atoms with van der Waals surface area (Å²) in [5.41, 5.74) is 2.29. The van der Waals surface area contributed by atoms with Crippen molar-refractivity contribution in [2.24, 2.45) is 0 Å². The van der Waals surface area contributed by atoms with E-state index in [0.717, 1.165) is 41.1 Å². The molecule has 2 aromatic heterocycles. The number of aromatic amines is 1. The number of benzene rings is 2. The minimum absolute atomic E-state index is 0.227. The number of carbonyl (C=O) groups is 1. The average molecular weight is 498 g/mol. The summed E-state index contributed by atoms with van der Waals surface area (Å²) < 4.78 is 32.6. The molecule has 176 valence electrons. The van der Waals surface area contributed by atoms with E-state index in [2.05, 4.69) is 20.5 Å². The van der Waals surface area contributed by atoms with Crippen LogP contribution in [0.15, 0.2) is 69.3 Å². The number of nitrogens with zero attached hydrogens (tertiary/aromatic N) is 3. The maximum absolute atomic E-state index is 12.7. The SMILES string of the molecule is CC(Sc1nnc(-c2c[nH]c3ccccc23)o1)C(=O)Nc1ccc(S(=O)(=O)N2CCCC2)cc1. The molecule has 1 unspecified atom stereocenters. The highest BCUT2D eigenvalue weighted by Crippen LogP contribution is 2.31. The van der Waals surface area contributed by atoms with E-state index in [4.69, 9.17) is 4.42 Å². The standard InChI is InChI=1S/C23H23N5O4S2/c1-15(33-23-27-26-22(32-23)19-14-24-20-7-3-2-6-18(19)20)21(29)25-16-8-10-17(11-9-16)34(30,31)28-12-4-5-13-28/h2-3,6-11,14-15,24H,4-5,12-13H2,1H3,(H,25,29). The van der Waals surface area contributed by atoms with Crippen molar-refractivity contribution < 1.29 is 17.6 Å². The molecule has 1 fully saturated rings. The Balaban J connectivity index is 1.22. The zero-order valence-corrected chi connectivity index (χ0v) is 20.0. The van der Waals surface area contributed by atoms with E-state index in [0.29, 0.717) is 24.7 Å². The molecule has 1 atom stereocenters. The molecule has 0 spiro atoms. The first kappa shape index (κ1) is 22.6. The third kappa shape index (κ3) is 4.46. The molecule has 4 aromatic rings. The number of fused-ring (bicyclic) bond motifs is 1. The van der Waals surface area contributed by atoms with E-state index in [1.54, 1.807) is 19.1 Å². The minimum Gasteiger partial charge on any atom is -0.411 e. The maximum Gasteiger partial charge on any atom is 0.277 e. The number of sulfonamides is 1. The van der Waals surface area contributed by atoms with Crippen LogP contribution in [0.5, 0.6) is 0 Å². The second kappa shape index (κ2) is 9.24. The molecule has 1 aliphatic heterocycles. The molecule has 11 heteroatoms. The summed E-state index contributed by atoms with van der Waals surface area (Å²) in [6.07, 6.45) is 3.58. The Bertz CT molecular complexity index is 1420. The van der Waals surface area contributed by atoms with E-state index in [1.165, 1.54) is 16.4 Å². The highest BCUT2D eigenvalue weighted by Gasteiger charge is 2.27. The lowest BCUT2D eigenvalue weighted by atomic mass is 10.2. The third-order valence-electron chi connectivity index (χ3n) is 5.70. The van der Waals surface area contributed by atoms with E-state index in [9.17, 15) is 13.2 Å². The zero-order valence-electron chi connectivity index (χ0n) is 18.4. The second-order valence-electron chi connectivity index (χ2n) is 8.01. The van der Waals surface area contributed by atoms with Gasteiger partial charge in [-0.05, 0) is 50.1 Å². The van der Waals surface area contributed by atoms with Crippen molar-refractivity contribution in [1.82, 2.24) is 19.5 Å². The predicted molar refractivity (Wildman–Crippen MR) is 130 cm³/mol. The zero-order chi connectivity index (χ0) is 23.7. The van der Waals surface area contributed by atoms with Crippen molar-refractivity contribution in [3.63, 3.8) is 0 Å². The number of thioether (sulfide) groups is 1. The molecule has 1 amide bonds. The molecule has 0 radical (unpaired) electrons. The summed E-state index contributed by atoms with van der Waals surface area (Å²) in [4.78, 5) is 16.1. The smallest absolute Gasteiger partial charge is 0.277 e. The highest BCUT2D eigenvalue weighted by molar-refractivity contribution is 8.00. The van der Waals surface area contributed by atoms with Crippen LogP contribution >= 0.6 is 11.8 Å². The van der Waals surface area contributed by atoms with Crippen LogP contribution in [0.3, 0.4) is 0 Å². The van der Waals surface area contributed by atoms with E-state index in [1.807, 2.05) is 30.5 Å². The van der Waals surface area contributed by atoms with E-state index in [-0.39, 0.29) is 16.0 Å². The molecular formula is C23H23N5O4S2. The van der Waals surface area contributed by atoms with Gasteiger partial charge in [0.15, 0.2) is 0 Å². The Morgan fingerprint density at radius 3 is 2.62 bits per heavy atom. The molecule has 2 aromatic carbocycles. The largest absolute Gasteiger partial charge is 0.411 e. The van der Waals surface area contributed by atoms with Crippen molar-refractivity contribution >= 4 is 44.3 Å². The molecule has 0 saturated carbocycles. The lowest BCUT2D eigenvalue weighted by Gasteiger charge is -2.16.